The van der Waals surface area contributed by atoms with Crippen LogP contribution in [0.2, 0.25) is 0 Å². The molecule has 4 heteroatoms. The number of likely N-dealkylation sites (tertiary alicyclic amines) is 1. The molecule has 1 aromatic rings. The minimum absolute atomic E-state index is 0.106. The van der Waals surface area contributed by atoms with E-state index < -0.39 is 5.41 Å². The Bertz CT molecular complexity index is 681. The highest BCUT2D eigenvalue weighted by Crippen LogP contribution is 2.41. The van der Waals surface area contributed by atoms with Gasteiger partial charge in [-0.05, 0) is 43.1 Å². The second-order valence-electron chi connectivity index (χ2n) is 9.09. The molecule has 2 saturated carbocycles. The SMILES string of the molecule is O=C(CCNC(=O)C1(c2ccccc2)CCCC1)N1CCC2CCCCC2C1. The summed E-state index contributed by atoms with van der Waals surface area (Å²) >= 11 is 0. The summed E-state index contributed by atoms with van der Waals surface area (Å²) in [5, 5.41) is 3.10. The topological polar surface area (TPSA) is 49.4 Å². The fraction of sp³-hybridized carbons (Fsp3) is 0.667. The molecule has 1 heterocycles. The van der Waals surface area contributed by atoms with Gasteiger partial charge in [0, 0.05) is 26.1 Å². The van der Waals surface area contributed by atoms with Gasteiger partial charge in [-0.15, -0.1) is 0 Å². The average Bonchev–Trinajstić information content (AvgIpc) is 3.25. The molecule has 3 aliphatic rings. The van der Waals surface area contributed by atoms with E-state index in [1.165, 1.54) is 32.1 Å². The van der Waals surface area contributed by atoms with Gasteiger partial charge in [0.25, 0.3) is 0 Å². The van der Waals surface area contributed by atoms with Gasteiger partial charge in [-0.1, -0.05) is 62.4 Å². The third kappa shape index (κ3) is 3.97. The van der Waals surface area contributed by atoms with E-state index in [4.69, 9.17) is 0 Å². The van der Waals surface area contributed by atoms with E-state index in [0.717, 1.165) is 50.3 Å². The molecule has 152 valence electrons. The number of piperidine rings is 1. The molecule has 1 N–H and O–H groups in total. The number of nitrogens with one attached hydrogen (secondary N) is 1. The molecule has 28 heavy (non-hydrogen) atoms. The molecule has 2 aliphatic carbocycles. The van der Waals surface area contributed by atoms with Crippen molar-refractivity contribution in [2.75, 3.05) is 19.6 Å². The fourth-order valence-electron chi connectivity index (χ4n) is 5.82. The van der Waals surface area contributed by atoms with Crippen LogP contribution in [0.15, 0.2) is 30.3 Å². The van der Waals surface area contributed by atoms with Gasteiger partial charge in [0.05, 0.1) is 5.41 Å². The Hall–Kier alpha value is -1.84. The molecule has 0 aromatic heterocycles. The summed E-state index contributed by atoms with van der Waals surface area (Å²) in [6.07, 6.45) is 10.9. The summed E-state index contributed by atoms with van der Waals surface area (Å²) in [4.78, 5) is 27.8. The lowest BCUT2D eigenvalue weighted by Gasteiger charge is -2.41. The van der Waals surface area contributed by atoms with E-state index in [1.54, 1.807) is 0 Å². The van der Waals surface area contributed by atoms with Gasteiger partial charge in [0.1, 0.15) is 0 Å². The van der Waals surface area contributed by atoms with E-state index in [0.29, 0.717) is 18.9 Å². The van der Waals surface area contributed by atoms with Gasteiger partial charge in [0.2, 0.25) is 11.8 Å². The summed E-state index contributed by atoms with van der Waals surface area (Å²) in [6, 6.07) is 10.2. The summed E-state index contributed by atoms with van der Waals surface area (Å²) in [5.74, 6) is 1.87. The molecule has 1 aliphatic heterocycles. The number of amides is 2. The van der Waals surface area contributed by atoms with Gasteiger partial charge in [-0.2, -0.15) is 0 Å². The lowest BCUT2D eigenvalue weighted by atomic mass is 9.75. The van der Waals surface area contributed by atoms with Crippen LogP contribution in [-0.2, 0) is 15.0 Å². The van der Waals surface area contributed by atoms with Crippen LogP contribution in [0.1, 0.15) is 69.8 Å². The number of rotatable bonds is 5. The van der Waals surface area contributed by atoms with Crippen molar-refractivity contribution in [1.29, 1.82) is 0 Å². The van der Waals surface area contributed by atoms with Crippen LogP contribution >= 0.6 is 0 Å². The number of carbonyl (C=O) groups is 2. The first-order valence-corrected chi connectivity index (χ1v) is 11.3. The highest BCUT2D eigenvalue weighted by Gasteiger charge is 2.42. The van der Waals surface area contributed by atoms with Crippen LogP contribution in [0.25, 0.3) is 0 Å². The predicted octanol–water partition coefficient (Wildman–Crippen LogP) is 4.04. The van der Waals surface area contributed by atoms with Crippen molar-refractivity contribution in [3.05, 3.63) is 35.9 Å². The van der Waals surface area contributed by atoms with Gasteiger partial charge in [-0.3, -0.25) is 9.59 Å². The van der Waals surface area contributed by atoms with E-state index >= 15 is 0 Å². The van der Waals surface area contributed by atoms with Crippen molar-refractivity contribution < 1.29 is 9.59 Å². The van der Waals surface area contributed by atoms with Gasteiger partial charge in [0.15, 0.2) is 0 Å². The van der Waals surface area contributed by atoms with Gasteiger partial charge in [-0.25, -0.2) is 0 Å². The number of fused-ring (bicyclic) bond motifs is 1. The Labute approximate surface area is 169 Å². The quantitative estimate of drug-likeness (QED) is 0.835. The normalized spacial score (nSPS) is 26.5. The summed E-state index contributed by atoms with van der Waals surface area (Å²) in [5.41, 5.74) is 0.723. The van der Waals surface area contributed by atoms with Crippen molar-refractivity contribution in [3.8, 4) is 0 Å². The maximum Gasteiger partial charge on any atom is 0.230 e. The highest BCUT2D eigenvalue weighted by atomic mass is 16.2. The Balaban J connectivity index is 1.29. The number of benzene rings is 1. The van der Waals surface area contributed by atoms with Crippen LogP contribution in [0.4, 0.5) is 0 Å². The first-order valence-electron chi connectivity index (χ1n) is 11.3. The third-order valence-electron chi connectivity index (χ3n) is 7.49. The second-order valence-corrected chi connectivity index (χ2v) is 9.09. The smallest absolute Gasteiger partial charge is 0.230 e. The minimum Gasteiger partial charge on any atom is -0.355 e. The monoisotopic (exact) mass is 382 g/mol. The van der Waals surface area contributed by atoms with E-state index in [-0.39, 0.29) is 11.8 Å². The molecule has 2 amide bonds. The molecule has 3 fully saturated rings. The van der Waals surface area contributed by atoms with Crippen LogP contribution in [0.3, 0.4) is 0 Å². The Morgan fingerprint density at radius 1 is 0.964 bits per heavy atom. The predicted molar refractivity (Wildman–Crippen MR) is 111 cm³/mol. The number of nitrogens with zero attached hydrogens (tertiary/aromatic N) is 1. The number of hydrogen-bond donors (Lipinski definition) is 1. The highest BCUT2D eigenvalue weighted by molar-refractivity contribution is 5.89. The molecule has 1 aromatic carbocycles. The third-order valence-corrected chi connectivity index (χ3v) is 7.49. The first kappa shape index (κ1) is 19.5. The zero-order valence-corrected chi connectivity index (χ0v) is 17.0. The maximum absolute atomic E-state index is 13.1. The summed E-state index contributed by atoms with van der Waals surface area (Å²) < 4.78 is 0. The van der Waals surface area contributed by atoms with Crippen molar-refractivity contribution in [2.24, 2.45) is 11.8 Å². The Morgan fingerprint density at radius 3 is 2.43 bits per heavy atom. The Morgan fingerprint density at radius 2 is 1.68 bits per heavy atom. The standard InChI is InChI=1S/C24H34N2O2/c27-22(26-17-13-19-8-4-5-9-20(19)18-26)12-16-25-23(28)24(14-6-7-15-24)21-10-2-1-3-11-21/h1-3,10-11,19-20H,4-9,12-18H2,(H,25,28). The summed E-state index contributed by atoms with van der Waals surface area (Å²) in [6.45, 7) is 2.30. The molecule has 2 unspecified atom stereocenters. The van der Waals surface area contributed by atoms with Crippen LogP contribution < -0.4 is 5.32 Å². The molecule has 0 bridgehead atoms. The van der Waals surface area contributed by atoms with E-state index in [2.05, 4.69) is 22.3 Å². The lowest BCUT2D eigenvalue weighted by molar-refractivity contribution is -0.134. The number of carbonyl (C=O) groups excluding carboxylic acids is 2. The van der Waals surface area contributed by atoms with Gasteiger partial charge < -0.3 is 10.2 Å². The lowest BCUT2D eigenvalue weighted by Crippen LogP contribution is -2.47. The molecule has 1 saturated heterocycles. The van der Waals surface area contributed by atoms with Crippen molar-refractivity contribution in [2.45, 2.75) is 69.6 Å². The van der Waals surface area contributed by atoms with E-state index in [1.807, 2.05) is 18.2 Å². The average molecular weight is 383 g/mol. The molecule has 0 radical (unpaired) electrons. The van der Waals surface area contributed by atoms with Crippen LogP contribution in [0, 0.1) is 11.8 Å². The zero-order chi connectivity index (χ0) is 19.4. The molecule has 4 nitrogen and oxygen atoms in total. The molecular weight excluding hydrogens is 348 g/mol. The second kappa shape index (κ2) is 8.67. The van der Waals surface area contributed by atoms with Crippen LogP contribution in [-0.4, -0.2) is 36.3 Å². The van der Waals surface area contributed by atoms with Gasteiger partial charge >= 0.3 is 0 Å². The van der Waals surface area contributed by atoms with E-state index in [9.17, 15) is 9.59 Å². The molecular formula is C24H34N2O2. The largest absolute Gasteiger partial charge is 0.355 e. The first-order chi connectivity index (χ1) is 13.7. The molecule has 4 rings (SSSR count). The van der Waals surface area contributed by atoms with Crippen molar-refractivity contribution in [3.63, 3.8) is 0 Å². The molecule has 0 spiro atoms. The van der Waals surface area contributed by atoms with Crippen molar-refractivity contribution >= 4 is 11.8 Å². The fourth-order valence-corrected chi connectivity index (χ4v) is 5.82. The number of hydrogen-bond acceptors (Lipinski definition) is 2. The van der Waals surface area contributed by atoms with Crippen molar-refractivity contribution in [1.82, 2.24) is 10.2 Å². The minimum atomic E-state index is -0.398. The maximum atomic E-state index is 13.1. The summed E-state index contributed by atoms with van der Waals surface area (Å²) in [7, 11) is 0. The molecule has 2 atom stereocenters. The Kier molecular flexibility index (Phi) is 6.03. The van der Waals surface area contributed by atoms with Crippen LogP contribution in [0.5, 0.6) is 0 Å². The zero-order valence-electron chi connectivity index (χ0n) is 17.0.